The van der Waals surface area contributed by atoms with Crippen molar-refractivity contribution >= 4 is 11.6 Å². The molecule has 1 aromatic carbocycles. The van der Waals surface area contributed by atoms with Crippen molar-refractivity contribution in [3.8, 4) is 11.8 Å². The molecule has 0 N–H and O–H groups in total. The van der Waals surface area contributed by atoms with Crippen molar-refractivity contribution in [2.24, 2.45) is 0 Å². The largest absolute Gasteiger partial charge is 0.496 e. The van der Waals surface area contributed by atoms with E-state index in [1.165, 1.54) is 0 Å². The zero-order valence-electron chi connectivity index (χ0n) is 10.2. The van der Waals surface area contributed by atoms with Crippen LogP contribution in [-0.2, 0) is 6.54 Å². The molecule has 0 atom stereocenters. The molecule has 0 fully saturated rings. The van der Waals surface area contributed by atoms with Crippen molar-refractivity contribution in [1.82, 2.24) is 4.90 Å². The molecule has 0 heterocycles. The maximum Gasteiger partial charge on any atom is 0.123 e. The van der Waals surface area contributed by atoms with Crippen LogP contribution in [0.1, 0.15) is 18.9 Å². The Labute approximate surface area is 108 Å². The van der Waals surface area contributed by atoms with Crippen molar-refractivity contribution in [2.45, 2.75) is 19.9 Å². The van der Waals surface area contributed by atoms with E-state index in [0.717, 1.165) is 30.9 Å². The Morgan fingerprint density at radius 1 is 1.47 bits per heavy atom. The lowest BCUT2D eigenvalue weighted by molar-refractivity contribution is 0.281. The molecular weight excluding hydrogens is 236 g/mol. The fraction of sp³-hybridized carbons (Fsp3) is 0.462. The molecule has 17 heavy (non-hydrogen) atoms. The third-order valence-electron chi connectivity index (χ3n) is 2.62. The number of halogens is 1. The van der Waals surface area contributed by atoms with E-state index in [4.69, 9.17) is 21.6 Å². The summed E-state index contributed by atoms with van der Waals surface area (Å²) in [4.78, 5) is 2.19. The Morgan fingerprint density at radius 3 is 2.82 bits per heavy atom. The predicted octanol–water partition coefficient (Wildman–Crippen LogP) is 3.08. The summed E-state index contributed by atoms with van der Waals surface area (Å²) >= 11 is 5.98. The van der Waals surface area contributed by atoms with Crippen molar-refractivity contribution in [3.05, 3.63) is 28.8 Å². The van der Waals surface area contributed by atoms with Crippen LogP contribution >= 0.6 is 11.6 Å². The highest BCUT2D eigenvalue weighted by Gasteiger charge is 2.08. The van der Waals surface area contributed by atoms with Crippen molar-refractivity contribution in [1.29, 1.82) is 5.26 Å². The van der Waals surface area contributed by atoms with Gasteiger partial charge < -0.3 is 4.74 Å². The van der Waals surface area contributed by atoms with Gasteiger partial charge in [-0.2, -0.15) is 5.26 Å². The van der Waals surface area contributed by atoms with E-state index in [9.17, 15) is 0 Å². The molecular formula is C13H17ClN2O. The number of hydrogen-bond donors (Lipinski definition) is 0. The molecule has 92 valence electrons. The number of ether oxygens (including phenoxy) is 1. The summed E-state index contributed by atoms with van der Waals surface area (Å²) in [5.74, 6) is 0.838. The van der Waals surface area contributed by atoms with Gasteiger partial charge in [-0.1, -0.05) is 18.5 Å². The molecule has 0 amide bonds. The number of nitrogens with zero attached hydrogens (tertiary/aromatic N) is 2. The Bertz CT molecular complexity index is 401. The summed E-state index contributed by atoms with van der Waals surface area (Å²) in [6.45, 7) is 4.50. The Hall–Kier alpha value is -1.24. The van der Waals surface area contributed by atoms with E-state index in [-0.39, 0.29) is 0 Å². The van der Waals surface area contributed by atoms with Gasteiger partial charge in [0.2, 0.25) is 0 Å². The molecule has 0 aliphatic rings. The highest BCUT2D eigenvalue weighted by Crippen LogP contribution is 2.23. The fourth-order valence-corrected chi connectivity index (χ4v) is 1.86. The van der Waals surface area contributed by atoms with E-state index in [2.05, 4.69) is 17.9 Å². The minimum atomic E-state index is 0.538. The first-order chi connectivity index (χ1) is 8.21. The number of nitriles is 1. The summed E-state index contributed by atoms with van der Waals surface area (Å²) in [5.41, 5.74) is 1.06. The molecule has 1 rings (SSSR count). The van der Waals surface area contributed by atoms with Crippen LogP contribution < -0.4 is 4.74 Å². The molecule has 0 bridgehead atoms. The topological polar surface area (TPSA) is 36.3 Å². The van der Waals surface area contributed by atoms with Crippen LogP contribution in [0.2, 0.25) is 5.02 Å². The second-order valence-electron chi connectivity index (χ2n) is 3.73. The zero-order valence-corrected chi connectivity index (χ0v) is 11.0. The SMILES string of the molecule is CCN(CCC#N)Cc1cc(Cl)ccc1OC. The second-order valence-corrected chi connectivity index (χ2v) is 4.17. The van der Waals surface area contributed by atoms with E-state index in [0.29, 0.717) is 11.4 Å². The molecule has 0 saturated heterocycles. The van der Waals surface area contributed by atoms with Gasteiger partial charge in [0.25, 0.3) is 0 Å². The van der Waals surface area contributed by atoms with Crippen LogP contribution in [0, 0.1) is 11.3 Å². The minimum absolute atomic E-state index is 0.538. The van der Waals surface area contributed by atoms with Gasteiger partial charge in [-0.15, -0.1) is 0 Å². The van der Waals surface area contributed by atoms with Crippen LogP contribution in [0.25, 0.3) is 0 Å². The standard InChI is InChI=1S/C13H17ClN2O/c1-3-16(8-4-7-15)10-11-9-12(14)5-6-13(11)17-2/h5-6,9H,3-4,8,10H2,1-2H3. The highest BCUT2D eigenvalue weighted by atomic mass is 35.5. The third-order valence-corrected chi connectivity index (χ3v) is 2.86. The van der Waals surface area contributed by atoms with Crippen LogP contribution in [0.5, 0.6) is 5.75 Å². The number of methoxy groups -OCH3 is 1. The summed E-state index contributed by atoms with van der Waals surface area (Å²) in [7, 11) is 1.65. The Balaban J connectivity index is 2.77. The van der Waals surface area contributed by atoms with Gasteiger partial charge in [0, 0.05) is 30.1 Å². The molecule has 0 aliphatic carbocycles. The first kappa shape index (κ1) is 13.8. The lowest BCUT2D eigenvalue weighted by Gasteiger charge is -2.20. The normalized spacial score (nSPS) is 10.3. The minimum Gasteiger partial charge on any atom is -0.496 e. The van der Waals surface area contributed by atoms with Gasteiger partial charge in [-0.25, -0.2) is 0 Å². The molecule has 4 heteroatoms. The average Bonchev–Trinajstić information content (AvgIpc) is 2.34. The summed E-state index contributed by atoms with van der Waals surface area (Å²) < 4.78 is 5.30. The molecule has 3 nitrogen and oxygen atoms in total. The highest BCUT2D eigenvalue weighted by molar-refractivity contribution is 6.30. The van der Waals surface area contributed by atoms with Crippen LogP contribution in [0.15, 0.2) is 18.2 Å². The zero-order chi connectivity index (χ0) is 12.7. The number of hydrogen-bond acceptors (Lipinski definition) is 3. The van der Waals surface area contributed by atoms with Gasteiger partial charge in [0.1, 0.15) is 5.75 Å². The first-order valence-electron chi connectivity index (χ1n) is 5.63. The molecule has 0 saturated carbocycles. The lowest BCUT2D eigenvalue weighted by Crippen LogP contribution is -2.24. The number of benzene rings is 1. The number of rotatable bonds is 6. The van der Waals surface area contributed by atoms with Crippen molar-refractivity contribution in [2.75, 3.05) is 20.2 Å². The Morgan fingerprint density at radius 2 is 2.24 bits per heavy atom. The maximum absolute atomic E-state index is 8.60. The van der Waals surface area contributed by atoms with Gasteiger partial charge in [0.05, 0.1) is 13.2 Å². The summed E-state index contributed by atoms with van der Waals surface area (Å²) in [6.07, 6.45) is 0.538. The molecule has 0 aliphatic heterocycles. The molecule has 0 spiro atoms. The van der Waals surface area contributed by atoms with Gasteiger partial charge in [-0.3, -0.25) is 4.90 Å². The average molecular weight is 253 g/mol. The summed E-state index contributed by atoms with van der Waals surface area (Å²) in [6, 6.07) is 7.76. The molecule has 1 aromatic rings. The smallest absolute Gasteiger partial charge is 0.123 e. The predicted molar refractivity (Wildman–Crippen MR) is 69.2 cm³/mol. The molecule has 0 radical (unpaired) electrons. The van der Waals surface area contributed by atoms with E-state index in [1.54, 1.807) is 7.11 Å². The quantitative estimate of drug-likeness (QED) is 0.781. The van der Waals surface area contributed by atoms with E-state index in [1.807, 2.05) is 18.2 Å². The van der Waals surface area contributed by atoms with Crippen LogP contribution in [-0.4, -0.2) is 25.1 Å². The lowest BCUT2D eigenvalue weighted by atomic mass is 10.2. The van der Waals surface area contributed by atoms with Gasteiger partial charge >= 0.3 is 0 Å². The maximum atomic E-state index is 8.60. The van der Waals surface area contributed by atoms with Gasteiger partial charge in [0.15, 0.2) is 0 Å². The first-order valence-corrected chi connectivity index (χ1v) is 6.00. The third kappa shape index (κ3) is 4.26. The molecule has 0 aromatic heterocycles. The van der Waals surface area contributed by atoms with Crippen molar-refractivity contribution < 1.29 is 4.74 Å². The monoisotopic (exact) mass is 252 g/mol. The van der Waals surface area contributed by atoms with Crippen molar-refractivity contribution in [3.63, 3.8) is 0 Å². The van der Waals surface area contributed by atoms with E-state index >= 15 is 0 Å². The Kier molecular flexibility index (Phi) is 5.82. The van der Waals surface area contributed by atoms with Crippen LogP contribution in [0.4, 0.5) is 0 Å². The molecule has 0 unspecified atom stereocenters. The fourth-order valence-electron chi connectivity index (χ4n) is 1.67. The van der Waals surface area contributed by atoms with E-state index < -0.39 is 0 Å². The second kappa shape index (κ2) is 7.16. The van der Waals surface area contributed by atoms with Crippen LogP contribution in [0.3, 0.4) is 0 Å². The van der Waals surface area contributed by atoms with Gasteiger partial charge in [-0.05, 0) is 24.7 Å². The summed E-state index contributed by atoms with van der Waals surface area (Å²) in [5, 5.41) is 9.30.